The van der Waals surface area contributed by atoms with Gasteiger partial charge in [-0.15, -0.1) is 0 Å². The zero-order chi connectivity index (χ0) is 13.5. The molecule has 0 fully saturated rings. The third-order valence-electron chi connectivity index (χ3n) is 2.97. The summed E-state index contributed by atoms with van der Waals surface area (Å²) in [5, 5.41) is 9.92. The molecule has 0 atom stereocenters. The Balaban J connectivity index is 2.53. The Hall–Kier alpha value is -1.55. The summed E-state index contributed by atoms with van der Waals surface area (Å²) in [6, 6.07) is 6.02. The number of benzene rings is 1. The molecule has 1 heterocycles. The molecule has 0 spiro atoms. The molecule has 2 aromatic rings. The van der Waals surface area contributed by atoms with Crippen LogP contribution < -0.4 is 0 Å². The van der Waals surface area contributed by atoms with Crippen molar-refractivity contribution in [2.45, 2.75) is 32.6 Å². The van der Waals surface area contributed by atoms with E-state index in [1.165, 1.54) is 0 Å². The molecule has 96 valence electrons. The zero-order valence-electron chi connectivity index (χ0n) is 11.2. The van der Waals surface area contributed by atoms with Crippen molar-refractivity contribution in [3.05, 3.63) is 35.1 Å². The van der Waals surface area contributed by atoms with Crippen LogP contribution in [0.15, 0.2) is 22.6 Å². The van der Waals surface area contributed by atoms with Crippen molar-refractivity contribution in [2.75, 3.05) is 0 Å². The number of rotatable bonds is 3. The highest BCUT2D eigenvalue weighted by Crippen LogP contribution is 2.28. The van der Waals surface area contributed by atoms with E-state index in [1.807, 2.05) is 6.92 Å². The number of furan rings is 1. The predicted molar refractivity (Wildman–Crippen MR) is 75.0 cm³/mol. The maximum absolute atomic E-state index is 11.0. The van der Waals surface area contributed by atoms with Gasteiger partial charge in [0.15, 0.2) is 0 Å². The van der Waals surface area contributed by atoms with Crippen LogP contribution in [0.2, 0.25) is 19.6 Å². The second-order valence-electron chi connectivity index (χ2n) is 5.90. The molecule has 0 aliphatic carbocycles. The van der Waals surface area contributed by atoms with Crippen LogP contribution in [0.4, 0.5) is 0 Å². The van der Waals surface area contributed by atoms with Crippen LogP contribution in [0.1, 0.15) is 21.7 Å². The minimum atomic E-state index is -1.24. The summed E-state index contributed by atoms with van der Waals surface area (Å²) in [5.41, 5.74) is 2.17. The predicted octanol–water partition coefficient (Wildman–Crippen LogP) is 3.86. The van der Waals surface area contributed by atoms with Crippen molar-refractivity contribution in [1.29, 1.82) is 0 Å². The van der Waals surface area contributed by atoms with E-state index in [2.05, 4.69) is 19.6 Å². The van der Waals surface area contributed by atoms with Gasteiger partial charge >= 0.3 is 5.97 Å². The number of carboxylic acids is 1. The van der Waals surface area contributed by atoms with Crippen molar-refractivity contribution in [3.63, 3.8) is 0 Å². The Labute approximate surface area is 107 Å². The molecule has 0 radical (unpaired) electrons. The number of carboxylic acid groups (broad SMARTS) is 1. The molecule has 18 heavy (non-hydrogen) atoms. The van der Waals surface area contributed by atoms with E-state index >= 15 is 0 Å². The molecular formula is C14H18O3Si. The van der Waals surface area contributed by atoms with Gasteiger partial charge in [-0.05, 0) is 30.7 Å². The topological polar surface area (TPSA) is 50.4 Å². The highest BCUT2D eigenvalue weighted by molar-refractivity contribution is 6.75. The third kappa shape index (κ3) is 2.48. The summed E-state index contributed by atoms with van der Waals surface area (Å²) < 4.78 is 5.85. The Morgan fingerprint density at radius 2 is 2.00 bits per heavy atom. The van der Waals surface area contributed by atoms with Crippen LogP contribution in [0, 0.1) is 6.92 Å². The first-order valence-corrected chi connectivity index (χ1v) is 9.74. The van der Waals surface area contributed by atoms with E-state index in [1.54, 1.807) is 18.2 Å². The molecule has 0 aliphatic rings. The number of hydrogen-bond acceptors (Lipinski definition) is 2. The molecule has 0 saturated heterocycles. The number of fused-ring (bicyclic) bond motifs is 1. The first-order valence-electron chi connectivity index (χ1n) is 6.03. The Morgan fingerprint density at radius 1 is 1.33 bits per heavy atom. The van der Waals surface area contributed by atoms with Gasteiger partial charge in [0, 0.05) is 11.4 Å². The molecule has 0 aliphatic heterocycles. The third-order valence-corrected chi connectivity index (χ3v) is 4.35. The fourth-order valence-corrected chi connectivity index (χ4v) is 3.36. The molecule has 4 heteroatoms. The first kappa shape index (κ1) is 12.9. The summed E-state index contributed by atoms with van der Waals surface area (Å²) in [6.45, 7) is 8.89. The molecular weight excluding hydrogens is 244 g/mol. The van der Waals surface area contributed by atoms with Gasteiger partial charge in [0.05, 0.1) is 13.6 Å². The largest absolute Gasteiger partial charge is 0.478 e. The highest BCUT2D eigenvalue weighted by atomic mass is 28.3. The van der Waals surface area contributed by atoms with Crippen LogP contribution in [-0.2, 0) is 6.04 Å². The van der Waals surface area contributed by atoms with Crippen molar-refractivity contribution in [3.8, 4) is 0 Å². The zero-order valence-corrected chi connectivity index (χ0v) is 12.2. The maximum Gasteiger partial charge on any atom is 0.335 e. The molecule has 3 nitrogen and oxygen atoms in total. The van der Waals surface area contributed by atoms with Gasteiger partial charge in [-0.3, -0.25) is 0 Å². The maximum atomic E-state index is 11.0. The smallest absolute Gasteiger partial charge is 0.335 e. The Kier molecular flexibility index (Phi) is 3.07. The van der Waals surface area contributed by atoms with Gasteiger partial charge < -0.3 is 9.52 Å². The van der Waals surface area contributed by atoms with E-state index in [4.69, 9.17) is 9.52 Å². The summed E-state index contributed by atoms with van der Waals surface area (Å²) in [7, 11) is -1.24. The lowest BCUT2D eigenvalue weighted by molar-refractivity contribution is 0.0697. The van der Waals surface area contributed by atoms with Crippen molar-refractivity contribution in [1.82, 2.24) is 0 Å². The van der Waals surface area contributed by atoms with E-state index in [9.17, 15) is 4.79 Å². The molecule has 0 amide bonds. The lowest BCUT2D eigenvalue weighted by Crippen LogP contribution is -2.23. The highest BCUT2D eigenvalue weighted by Gasteiger charge is 2.20. The van der Waals surface area contributed by atoms with Gasteiger partial charge in [0.2, 0.25) is 0 Å². The van der Waals surface area contributed by atoms with Crippen LogP contribution >= 0.6 is 0 Å². The second kappa shape index (κ2) is 4.28. The monoisotopic (exact) mass is 262 g/mol. The molecule has 0 saturated carbocycles. The standard InChI is InChI=1S/C14H18O3Si/c1-9-11-7-10(14(15)16)5-6-12(11)17-13(9)8-18(2,3)4/h5-7H,8H2,1-4H3,(H,15,16). The lowest BCUT2D eigenvalue weighted by atomic mass is 10.1. The van der Waals surface area contributed by atoms with Gasteiger partial charge in [-0.25, -0.2) is 4.79 Å². The Morgan fingerprint density at radius 3 is 2.56 bits per heavy atom. The fourth-order valence-electron chi connectivity index (χ4n) is 2.05. The van der Waals surface area contributed by atoms with E-state index < -0.39 is 14.0 Å². The number of carbonyl (C=O) groups is 1. The average Bonchev–Trinajstić information content (AvgIpc) is 2.53. The second-order valence-corrected chi connectivity index (χ2v) is 11.4. The number of hydrogen-bond donors (Lipinski definition) is 1. The van der Waals surface area contributed by atoms with Gasteiger partial charge in [-0.2, -0.15) is 0 Å². The van der Waals surface area contributed by atoms with Crippen LogP contribution in [0.5, 0.6) is 0 Å². The van der Waals surface area contributed by atoms with Crippen molar-refractivity contribution >= 4 is 25.0 Å². The Bertz CT molecular complexity index is 605. The van der Waals surface area contributed by atoms with E-state index in [0.29, 0.717) is 5.56 Å². The van der Waals surface area contributed by atoms with Crippen LogP contribution in [0.3, 0.4) is 0 Å². The molecule has 2 rings (SSSR count). The van der Waals surface area contributed by atoms with Crippen molar-refractivity contribution in [2.24, 2.45) is 0 Å². The summed E-state index contributed by atoms with van der Waals surface area (Å²) in [4.78, 5) is 11.0. The van der Waals surface area contributed by atoms with Crippen LogP contribution in [0.25, 0.3) is 11.0 Å². The minimum absolute atomic E-state index is 0.311. The summed E-state index contributed by atoms with van der Waals surface area (Å²) >= 11 is 0. The average molecular weight is 262 g/mol. The van der Waals surface area contributed by atoms with E-state index in [0.717, 1.165) is 28.3 Å². The van der Waals surface area contributed by atoms with Gasteiger partial charge in [0.1, 0.15) is 11.3 Å². The molecule has 0 bridgehead atoms. The molecule has 1 N–H and O–H groups in total. The van der Waals surface area contributed by atoms with Crippen molar-refractivity contribution < 1.29 is 14.3 Å². The van der Waals surface area contributed by atoms with E-state index in [-0.39, 0.29) is 0 Å². The summed E-state index contributed by atoms with van der Waals surface area (Å²) in [6.07, 6.45) is 0. The number of aryl methyl sites for hydroxylation is 1. The molecule has 0 unspecified atom stereocenters. The quantitative estimate of drug-likeness (QED) is 0.854. The fraction of sp³-hybridized carbons (Fsp3) is 0.357. The van der Waals surface area contributed by atoms with Crippen LogP contribution in [-0.4, -0.2) is 19.1 Å². The SMILES string of the molecule is Cc1c(C[Si](C)(C)C)oc2ccc(C(=O)O)cc12. The van der Waals surface area contributed by atoms with Gasteiger partial charge in [-0.1, -0.05) is 19.6 Å². The first-order chi connectivity index (χ1) is 8.28. The number of aromatic carboxylic acids is 1. The normalized spacial score (nSPS) is 12.0. The summed E-state index contributed by atoms with van der Waals surface area (Å²) in [5.74, 6) is 0.107. The van der Waals surface area contributed by atoms with Gasteiger partial charge in [0.25, 0.3) is 0 Å². The minimum Gasteiger partial charge on any atom is -0.478 e. The lowest BCUT2D eigenvalue weighted by Gasteiger charge is -2.13. The molecule has 1 aromatic carbocycles. The molecule has 1 aromatic heterocycles.